The molecule has 0 saturated carbocycles. The number of aliphatic hydroxyl groups is 1. The van der Waals surface area contributed by atoms with Crippen LogP contribution in [0.5, 0.6) is 5.75 Å². The van der Waals surface area contributed by atoms with Gasteiger partial charge in [0.2, 0.25) is 0 Å². The number of ether oxygens (including phenoxy) is 1. The van der Waals surface area contributed by atoms with Crippen molar-refractivity contribution in [1.82, 2.24) is 0 Å². The fraction of sp³-hybridized carbons (Fsp3) is 0.364. The molecule has 0 saturated heterocycles. The van der Waals surface area contributed by atoms with Gasteiger partial charge in [0.15, 0.2) is 0 Å². The summed E-state index contributed by atoms with van der Waals surface area (Å²) >= 11 is 0. The Morgan fingerprint density at radius 3 is 2.75 bits per heavy atom. The summed E-state index contributed by atoms with van der Waals surface area (Å²) in [6.07, 6.45) is -0.127. The molecule has 88 valence electrons. The Kier molecular flexibility index (Phi) is 4.25. The van der Waals surface area contributed by atoms with Gasteiger partial charge in [0.25, 0.3) is 0 Å². The maximum Gasteiger partial charge on any atom is 0.335 e. The minimum absolute atomic E-state index is 0.0129. The van der Waals surface area contributed by atoms with Crippen molar-refractivity contribution in [3.8, 4) is 5.75 Å². The van der Waals surface area contributed by atoms with Gasteiger partial charge in [-0.25, -0.2) is 9.18 Å². The van der Waals surface area contributed by atoms with Crippen molar-refractivity contribution in [2.24, 2.45) is 0 Å². The number of benzene rings is 1. The summed E-state index contributed by atoms with van der Waals surface area (Å²) < 4.78 is 18.1. The van der Waals surface area contributed by atoms with Gasteiger partial charge in [-0.15, -0.1) is 0 Å². The Morgan fingerprint density at radius 2 is 2.19 bits per heavy atom. The largest absolute Gasteiger partial charge is 0.491 e. The average molecular weight is 228 g/mol. The van der Waals surface area contributed by atoms with Crippen molar-refractivity contribution in [2.75, 3.05) is 6.61 Å². The second-order valence-corrected chi connectivity index (χ2v) is 3.35. The van der Waals surface area contributed by atoms with Crippen LogP contribution in [0.2, 0.25) is 0 Å². The summed E-state index contributed by atoms with van der Waals surface area (Å²) in [5, 5.41) is 17.9. The lowest BCUT2D eigenvalue weighted by molar-refractivity contribution is 0.0695. The molecule has 0 aliphatic heterocycles. The van der Waals surface area contributed by atoms with Gasteiger partial charge in [-0.05, 0) is 18.6 Å². The topological polar surface area (TPSA) is 66.8 Å². The summed E-state index contributed by atoms with van der Waals surface area (Å²) in [5.74, 6) is -1.80. The molecule has 0 amide bonds. The van der Waals surface area contributed by atoms with Crippen LogP contribution in [0.4, 0.5) is 4.39 Å². The van der Waals surface area contributed by atoms with Gasteiger partial charge in [0, 0.05) is 6.07 Å². The molecule has 1 atom stereocenters. The molecule has 5 heteroatoms. The highest BCUT2D eigenvalue weighted by atomic mass is 19.1. The number of aromatic carboxylic acids is 1. The zero-order valence-corrected chi connectivity index (χ0v) is 8.81. The summed E-state index contributed by atoms with van der Waals surface area (Å²) in [4.78, 5) is 10.6. The number of halogens is 1. The number of hydrogen-bond acceptors (Lipinski definition) is 3. The predicted octanol–water partition coefficient (Wildman–Crippen LogP) is 1.67. The van der Waals surface area contributed by atoms with Crippen molar-refractivity contribution >= 4 is 5.97 Å². The van der Waals surface area contributed by atoms with Crippen LogP contribution in [-0.4, -0.2) is 28.9 Å². The number of carboxylic acid groups (broad SMARTS) is 1. The monoisotopic (exact) mass is 228 g/mol. The van der Waals surface area contributed by atoms with Crippen molar-refractivity contribution < 1.29 is 24.1 Å². The van der Waals surface area contributed by atoms with Gasteiger partial charge >= 0.3 is 5.97 Å². The molecular formula is C11H13FO4. The van der Waals surface area contributed by atoms with E-state index in [-0.39, 0.29) is 17.9 Å². The minimum Gasteiger partial charge on any atom is -0.491 e. The number of rotatable bonds is 5. The Bertz CT molecular complexity index is 378. The summed E-state index contributed by atoms with van der Waals surface area (Å²) in [7, 11) is 0. The van der Waals surface area contributed by atoms with E-state index in [0.717, 1.165) is 12.1 Å². The van der Waals surface area contributed by atoms with Crippen molar-refractivity contribution in [3.63, 3.8) is 0 Å². The molecule has 0 aliphatic carbocycles. The molecule has 0 aliphatic rings. The molecule has 1 aromatic carbocycles. The lowest BCUT2D eigenvalue weighted by Crippen LogP contribution is -2.16. The van der Waals surface area contributed by atoms with Crippen LogP contribution in [0, 0.1) is 5.82 Å². The standard InChI is InChI=1S/C11H13FO4/c1-2-9(13)6-16-10-4-7(11(14)15)3-8(12)5-10/h3-5,9,13H,2,6H2,1H3,(H,14,15). The lowest BCUT2D eigenvalue weighted by Gasteiger charge is -2.10. The molecule has 16 heavy (non-hydrogen) atoms. The average Bonchev–Trinajstić information content (AvgIpc) is 2.25. The zero-order valence-electron chi connectivity index (χ0n) is 8.81. The van der Waals surface area contributed by atoms with E-state index in [2.05, 4.69) is 0 Å². The maximum absolute atomic E-state index is 13.0. The number of aliphatic hydroxyl groups excluding tert-OH is 1. The second-order valence-electron chi connectivity index (χ2n) is 3.35. The molecule has 4 nitrogen and oxygen atoms in total. The van der Waals surface area contributed by atoms with Crippen LogP contribution in [-0.2, 0) is 0 Å². The predicted molar refractivity (Wildman–Crippen MR) is 55.2 cm³/mol. The zero-order chi connectivity index (χ0) is 12.1. The molecule has 0 bridgehead atoms. The van der Waals surface area contributed by atoms with Gasteiger partial charge < -0.3 is 14.9 Å². The number of carboxylic acids is 1. The number of hydrogen-bond donors (Lipinski definition) is 2. The second kappa shape index (κ2) is 5.46. The Labute approximate surface area is 92.3 Å². The third-order valence-corrected chi connectivity index (χ3v) is 2.03. The lowest BCUT2D eigenvalue weighted by atomic mass is 10.2. The highest BCUT2D eigenvalue weighted by Gasteiger charge is 2.09. The van der Waals surface area contributed by atoms with E-state index >= 15 is 0 Å². The molecule has 1 aromatic rings. The van der Waals surface area contributed by atoms with E-state index in [1.165, 1.54) is 6.07 Å². The molecule has 0 spiro atoms. The molecule has 0 fully saturated rings. The van der Waals surface area contributed by atoms with Crippen molar-refractivity contribution in [3.05, 3.63) is 29.6 Å². The molecule has 1 unspecified atom stereocenters. The molecule has 1 rings (SSSR count). The normalized spacial score (nSPS) is 12.2. The fourth-order valence-corrected chi connectivity index (χ4v) is 1.08. The van der Waals surface area contributed by atoms with Crippen LogP contribution in [0.3, 0.4) is 0 Å². The van der Waals surface area contributed by atoms with E-state index in [9.17, 15) is 14.3 Å². The molecule has 0 heterocycles. The van der Waals surface area contributed by atoms with Gasteiger partial charge in [-0.3, -0.25) is 0 Å². The van der Waals surface area contributed by atoms with E-state index in [4.69, 9.17) is 9.84 Å². The first kappa shape index (κ1) is 12.4. The fourth-order valence-electron chi connectivity index (χ4n) is 1.08. The van der Waals surface area contributed by atoms with Crippen LogP contribution in [0.15, 0.2) is 18.2 Å². The van der Waals surface area contributed by atoms with E-state index in [0.29, 0.717) is 6.42 Å². The highest BCUT2D eigenvalue weighted by molar-refractivity contribution is 5.88. The summed E-state index contributed by atoms with van der Waals surface area (Å²) in [6, 6.07) is 3.20. The summed E-state index contributed by atoms with van der Waals surface area (Å²) in [6.45, 7) is 1.79. The quantitative estimate of drug-likeness (QED) is 0.804. The Morgan fingerprint density at radius 1 is 1.50 bits per heavy atom. The van der Waals surface area contributed by atoms with Gasteiger partial charge in [-0.2, -0.15) is 0 Å². The van der Waals surface area contributed by atoms with Crippen LogP contribution >= 0.6 is 0 Å². The third kappa shape index (κ3) is 3.51. The first-order valence-corrected chi connectivity index (χ1v) is 4.87. The van der Waals surface area contributed by atoms with Crippen LogP contribution in [0.25, 0.3) is 0 Å². The van der Waals surface area contributed by atoms with Gasteiger partial charge in [0.05, 0.1) is 11.7 Å². The smallest absolute Gasteiger partial charge is 0.335 e. The van der Waals surface area contributed by atoms with E-state index in [1.54, 1.807) is 6.92 Å². The highest BCUT2D eigenvalue weighted by Crippen LogP contribution is 2.16. The molecule has 2 N–H and O–H groups in total. The first-order chi connectivity index (χ1) is 7.52. The van der Waals surface area contributed by atoms with Crippen molar-refractivity contribution in [1.29, 1.82) is 0 Å². The van der Waals surface area contributed by atoms with E-state index in [1.807, 2.05) is 0 Å². The minimum atomic E-state index is -1.22. The molecule has 0 aromatic heterocycles. The number of carbonyl (C=O) groups is 1. The van der Waals surface area contributed by atoms with Gasteiger partial charge in [-0.1, -0.05) is 6.92 Å². The SMILES string of the molecule is CCC(O)COc1cc(F)cc(C(=O)O)c1. The van der Waals surface area contributed by atoms with Gasteiger partial charge in [0.1, 0.15) is 18.2 Å². The van der Waals surface area contributed by atoms with E-state index < -0.39 is 17.9 Å². The maximum atomic E-state index is 13.0. The first-order valence-electron chi connectivity index (χ1n) is 4.87. The Hall–Kier alpha value is -1.62. The van der Waals surface area contributed by atoms with Crippen LogP contribution in [0.1, 0.15) is 23.7 Å². The summed E-state index contributed by atoms with van der Waals surface area (Å²) in [5.41, 5.74) is -0.180. The molecule has 0 radical (unpaired) electrons. The van der Waals surface area contributed by atoms with Crippen molar-refractivity contribution in [2.45, 2.75) is 19.4 Å². The Balaban J connectivity index is 2.76. The van der Waals surface area contributed by atoms with Crippen LogP contribution < -0.4 is 4.74 Å². The third-order valence-electron chi connectivity index (χ3n) is 2.03. The molecular weight excluding hydrogens is 215 g/mol.